The fraction of sp³-hybridized carbons (Fsp3) is 0.857. The number of nitrogens with one attached hydrogen (secondary N) is 1. The average Bonchev–Trinajstić information content (AvgIpc) is 2.73. The van der Waals surface area contributed by atoms with Crippen molar-refractivity contribution in [2.24, 2.45) is 5.92 Å². The molecule has 0 spiro atoms. The monoisotopic (exact) mass is 143 g/mol. The lowest BCUT2D eigenvalue weighted by Gasteiger charge is -2.11. The highest BCUT2D eigenvalue weighted by Gasteiger charge is 2.35. The molecule has 58 valence electrons. The molecule has 1 saturated carbocycles. The first-order chi connectivity index (χ1) is 4.79. The van der Waals surface area contributed by atoms with Gasteiger partial charge < -0.3 is 10.1 Å². The van der Waals surface area contributed by atoms with Gasteiger partial charge in [-0.05, 0) is 18.8 Å². The van der Waals surface area contributed by atoms with Crippen molar-refractivity contribution in [3.8, 4) is 0 Å². The van der Waals surface area contributed by atoms with Crippen LogP contribution in [0.25, 0.3) is 0 Å². The second-order valence-corrected chi connectivity index (χ2v) is 2.61. The SMILES string of the molecule is CNC(=O)C(OC)C1CC1. The molecule has 3 nitrogen and oxygen atoms in total. The van der Waals surface area contributed by atoms with Gasteiger partial charge in [0.2, 0.25) is 5.91 Å². The van der Waals surface area contributed by atoms with E-state index < -0.39 is 0 Å². The molecule has 1 rings (SSSR count). The lowest BCUT2D eigenvalue weighted by Crippen LogP contribution is -2.34. The zero-order chi connectivity index (χ0) is 7.56. The maximum atomic E-state index is 11.0. The highest BCUT2D eigenvalue weighted by molar-refractivity contribution is 5.81. The van der Waals surface area contributed by atoms with E-state index in [1.165, 1.54) is 0 Å². The summed E-state index contributed by atoms with van der Waals surface area (Å²) in [6.45, 7) is 0. The van der Waals surface area contributed by atoms with Crippen molar-refractivity contribution >= 4 is 5.91 Å². The molecule has 0 bridgehead atoms. The van der Waals surface area contributed by atoms with E-state index in [1.807, 2.05) is 0 Å². The van der Waals surface area contributed by atoms with Gasteiger partial charge in [0, 0.05) is 14.2 Å². The Kier molecular flexibility index (Phi) is 2.27. The topological polar surface area (TPSA) is 38.3 Å². The Labute approximate surface area is 60.7 Å². The molecule has 1 aliphatic carbocycles. The predicted octanol–water partition coefficient (Wildman–Crippen LogP) is 0.157. The highest BCUT2D eigenvalue weighted by Crippen LogP contribution is 2.33. The van der Waals surface area contributed by atoms with Crippen LogP contribution < -0.4 is 5.32 Å². The van der Waals surface area contributed by atoms with Crippen molar-refractivity contribution in [3.05, 3.63) is 0 Å². The molecule has 1 N–H and O–H groups in total. The first-order valence-electron chi connectivity index (χ1n) is 3.54. The number of likely N-dealkylation sites (N-methyl/N-ethyl adjacent to an activating group) is 1. The van der Waals surface area contributed by atoms with E-state index in [2.05, 4.69) is 5.32 Å². The van der Waals surface area contributed by atoms with Gasteiger partial charge in [0.1, 0.15) is 6.10 Å². The van der Waals surface area contributed by atoms with Crippen LogP contribution in [0.4, 0.5) is 0 Å². The summed E-state index contributed by atoms with van der Waals surface area (Å²) < 4.78 is 5.01. The zero-order valence-corrected chi connectivity index (χ0v) is 6.39. The normalized spacial score (nSPS) is 20.2. The molecule has 1 aliphatic rings. The number of rotatable bonds is 3. The van der Waals surface area contributed by atoms with Crippen LogP contribution in [0.3, 0.4) is 0 Å². The van der Waals surface area contributed by atoms with Crippen molar-refractivity contribution in [1.29, 1.82) is 0 Å². The molecular formula is C7H13NO2. The fourth-order valence-electron chi connectivity index (χ4n) is 1.05. The molecule has 1 amide bonds. The Morgan fingerprint density at radius 1 is 1.70 bits per heavy atom. The van der Waals surface area contributed by atoms with E-state index in [-0.39, 0.29) is 12.0 Å². The summed E-state index contributed by atoms with van der Waals surface area (Å²) in [7, 11) is 3.22. The lowest BCUT2D eigenvalue weighted by molar-refractivity contribution is -0.131. The van der Waals surface area contributed by atoms with Crippen LogP contribution in [-0.2, 0) is 9.53 Å². The van der Waals surface area contributed by atoms with Gasteiger partial charge in [0.15, 0.2) is 0 Å². The van der Waals surface area contributed by atoms with E-state index in [9.17, 15) is 4.79 Å². The summed E-state index contributed by atoms with van der Waals surface area (Å²) in [4.78, 5) is 11.0. The minimum absolute atomic E-state index is 0.00463. The second-order valence-electron chi connectivity index (χ2n) is 2.61. The molecule has 10 heavy (non-hydrogen) atoms. The molecule has 0 heterocycles. The van der Waals surface area contributed by atoms with Gasteiger partial charge >= 0.3 is 0 Å². The number of ether oxygens (including phenoxy) is 1. The molecule has 1 unspecified atom stereocenters. The maximum Gasteiger partial charge on any atom is 0.249 e. The Bertz CT molecular complexity index is 132. The van der Waals surface area contributed by atoms with Gasteiger partial charge in [-0.1, -0.05) is 0 Å². The van der Waals surface area contributed by atoms with Crippen LogP contribution in [0.5, 0.6) is 0 Å². The standard InChI is InChI=1S/C7H13NO2/c1-8-7(9)6(10-2)5-3-4-5/h5-6H,3-4H2,1-2H3,(H,8,9). The number of hydrogen-bond donors (Lipinski definition) is 1. The zero-order valence-electron chi connectivity index (χ0n) is 6.39. The molecule has 0 aromatic rings. The second kappa shape index (κ2) is 3.01. The third kappa shape index (κ3) is 1.48. The van der Waals surface area contributed by atoms with Crippen LogP contribution >= 0.6 is 0 Å². The van der Waals surface area contributed by atoms with E-state index in [0.717, 1.165) is 12.8 Å². The van der Waals surface area contributed by atoms with Crippen LogP contribution in [0.15, 0.2) is 0 Å². The molecule has 1 fully saturated rings. The van der Waals surface area contributed by atoms with Crippen molar-refractivity contribution in [2.45, 2.75) is 18.9 Å². The van der Waals surface area contributed by atoms with E-state index >= 15 is 0 Å². The third-order valence-electron chi connectivity index (χ3n) is 1.81. The number of hydrogen-bond acceptors (Lipinski definition) is 2. The van der Waals surface area contributed by atoms with Gasteiger partial charge in [-0.3, -0.25) is 4.79 Å². The van der Waals surface area contributed by atoms with Gasteiger partial charge in [-0.25, -0.2) is 0 Å². The smallest absolute Gasteiger partial charge is 0.249 e. The van der Waals surface area contributed by atoms with E-state index in [4.69, 9.17) is 4.74 Å². The maximum absolute atomic E-state index is 11.0. The summed E-state index contributed by atoms with van der Waals surface area (Å²) in [6, 6.07) is 0. The first kappa shape index (κ1) is 7.54. The molecule has 0 radical (unpaired) electrons. The van der Waals surface area contributed by atoms with Gasteiger partial charge in [0.05, 0.1) is 0 Å². The van der Waals surface area contributed by atoms with Crippen LogP contribution in [0.2, 0.25) is 0 Å². The molecule has 0 aliphatic heterocycles. The molecule has 0 saturated heterocycles. The summed E-state index contributed by atoms with van der Waals surface area (Å²) in [5.41, 5.74) is 0. The number of methoxy groups -OCH3 is 1. The van der Waals surface area contributed by atoms with Crippen LogP contribution in [-0.4, -0.2) is 26.2 Å². The van der Waals surface area contributed by atoms with Crippen LogP contribution in [0.1, 0.15) is 12.8 Å². The number of carbonyl (C=O) groups is 1. The predicted molar refractivity (Wildman–Crippen MR) is 37.6 cm³/mol. The largest absolute Gasteiger partial charge is 0.371 e. The van der Waals surface area contributed by atoms with Crippen molar-refractivity contribution in [3.63, 3.8) is 0 Å². The van der Waals surface area contributed by atoms with E-state index in [0.29, 0.717) is 5.92 Å². The Morgan fingerprint density at radius 2 is 2.30 bits per heavy atom. The summed E-state index contributed by atoms with van der Waals surface area (Å²) in [6.07, 6.45) is 2.06. The van der Waals surface area contributed by atoms with Gasteiger partial charge in [0.25, 0.3) is 0 Å². The molecule has 3 heteroatoms. The molecular weight excluding hydrogens is 130 g/mol. The fourth-order valence-corrected chi connectivity index (χ4v) is 1.05. The number of carbonyl (C=O) groups excluding carboxylic acids is 1. The first-order valence-corrected chi connectivity index (χ1v) is 3.54. The van der Waals surface area contributed by atoms with Crippen LogP contribution in [0, 0.1) is 5.92 Å². The lowest BCUT2D eigenvalue weighted by atomic mass is 10.2. The van der Waals surface area contributed by atoms with Gasteiger partial charge in [-0.2, -0.15) is 0 Å². The van der Waals surface area contributed by atoms with Crippen molar-refractivity contribution in [1.82, 2.24) is 5.32 Å². The van der Waals surface area contributed by atoms with E-state index in [1.54, 1.807) is 14.2 Å². The Balaban J connectivity index is 2.38. The Hall–Kier alpha value is -0.570. The minimum atomic E-state index is -0.204. The highest BCUT2D eigenvalue weighted by atomic mass is 16.5. The molecule has 1 atom stereocenters. The minimum Gasteiger partial charge on any atom is -0.371 e. The van der Waals surface area contributed by atoms with Crippen molar-refractivity contribution < 1.29 is 9.53 Å². The molecule has 0 aromatic carbocycles. The summed E-state index contributed by atoms with van der Waals surface area (Å²) in [5.74, 6) is 0.481. The molecule has 0 aromatic heterocycles. The van der Waals surface area contributed by atoms with Crippen molar-refractivity contribution in [2.75, 3.05) is 14.2 Å². The quantitative estimate of drug-likeness (QED) is 0.611. The van der Waals surface area contributed by atoms with Gasteiger partial charge in [-0.15, -0.1) is 0 Å². The third-order valence-corrected chi connectivity index (χ3v) is 1.81. The Morgan fingerprint density at radius 3 is 2.60 bits per heavy atom. The number of amides is 1. The average molecular weight is 143 g/mol. The summed E-state index contributed by atoms with van der Waals surface area (Å²) >= 11 is 0. The summed E-state index contributed by atoms with van der Waals surface area (Å²) in [5, 5.41) is 2.57.